The van der Waals surface area contributed by atoms with Crippen molar-refractivity contribution in [3.8, 4) is 56.3 Å². The van der Waals surface area contributed by atoms with Crippen LogP contribution in [0.3, 0.4) is 0 Å². The van der Waals surface area contributed by atoms with E-state index in [-0.39, 0.29) is 5.41 Å². The molecule has 0 atom stereocenters. The van der Waals surface area contributed by atoms with Gasteiger partial charge in [0.15, 0.2) is 5.82 Å². The molecule has 0 bridgehead atoms. The molecule has 2 heterocycles. The Morgan fingerprint density at radius 3 is 1.51 bits per heavy atom. The van der Waals surface area contributed by atoms with Crippen LogP contribution >= 0.6 is 0 Å². The Labute approximate surface area is 251 Å². The van der Waals surface area contributed by atoms with E-state index in [1.165, 1.54) is 22.3 Å². The Hall–Kier alpha value is -5.41. The van der Waals surface area contributed by atoms with Crippen molar-refractivity contribution in [2.24, 2.45) is 0 Å². The van der Waals surface area contributed by atoms with Crippen molar-refractivity contribution in [2.45, 2.75) is 19.3 Å². The predicted molar refractivity (Wildman–Crippen MR) is 177 cm³/mol. The van der Waals surface area contributed by atoms with E-state index in [1.54, 1.807) is 0 Å². The summed E-state index contributed by atoms with van der Waals surface area (Å²) in [5, 5.41) is 1.05. The molecule has 3 nitrogen and oxygen atoms in total. The van der Waals surface area contributed by atoms with Crippen LogP contribution in [0.1, 0.15) is 25.0 Å². The molecular formula is C40H29N3. The van der Waals surface area contributed by atoms with Gasteiger partial charge in [-0.1, -0.05) is 129 Å². The van der Waals surface area contributed by atoms with Crippen LogP contribution in [-0.2, 0) is 5.41 Å². The summed E-state index contributed by atoms with van der Waals surface area (Å²) in [6.07, 6.45) is 0. The minimum absolute atomic E-state index is 0.116. The molecule has 8 rings (SSSR count). The zero-order valence-corrected chi connectivity index (χ0v) is 24.1. The molecule has 0 spiro atoms. The van der Waals surface area contributed by atoms with Gasteiger partial charge in [0.1, 0.15) is 0 Å². The Morgan fingerprint density at radius 2 is 0.930 bits per heavy atom. The van der Waals surface area contributed by atoms with Gasteiger partial charge in [0.25, 0.3) is 0 Å². The maximum atomic E-state index is 5.24. The average molecular weight is 552 g/mol. The van der Waals surface area contributed by atoms with Crippen molar-refractivity contribution in [3.05, 3.63) is 151 Å². The average Bonchev–Trinajstić information content (AvgIpc) is 3.29. The zero-order valence-electron chi connectivity index (χ0n) is 24.1. The van der Waals surface area contributed by atoms with E-state index < -0.39 is 0 Å². The van der Waals surface area contributed by atoms with E-state index in [1.807, 2.05) is 18.2 Å². The van der Waals surface area contributed by atoms with Crippen LogP contribution in [0.25, 0.3) is 67.2 Å². The Kier molecular flexibility index (Phi) is 5.80. The summed E-state index contributed by atoms with van der Waals surface area (Å²) in [5.41, 5.74) is 12.9. The first-order valence-electron chi connectivity index (χ1n) is 14.7. The third-order valence-electron chi connectivity index (χ3n) is 8.69. The van der Waals surface area contributed by atoms with Gasteiger partial charge in [-0.3, -0.25) is 0 Å². The van der Waals surface area contributed by atoms with Crippen molar-refractivity contribution >= 4 is 10.9 Å². The first kappa shape index (κ1) is 25.3. The molecule has 43 heavy (non-hydrogen) atoms. The molecule has 1 aliphatic rings. The van der Waals surface area contributed by atoms with Gasteiger partial charge in [-0.2, -0.15) is 0 Å². The van der Waals surface area contributed by atoms with Gasteiger partial charge < -0.3 is 0 Å². The Balaban J connectivity index is 1.45. The van der Waals surface area contributed by atoms with Crippen LogP contribution in [0.2, 0.25) is 0 Å². The topological polar surface area (TPSA) is 38.7 Å². The first-order valence-corrected chi connectivity index (χ1v) is 14.7. The number of aromatic nitrogens is 3. The summed E-state index contributed by atoms with van der Waals surface area (Å²) in [6, 6.07) is 48.7. The summed E-state index contributed by atoms with van der Waals surface area (Å²) < 4.78 is 0. The van der Waals surface area contributed by atoms with E-state index in [4.69, 9.17) is 15.0 Å². The molecule has 0 N–H and O–H groups in total. The molecule has 7 aromatic rings. The molecule has 3 heteroatoms. The van der Waals surface area contributed by atoms with Crippen LogP contribution in [0.4, 0.5) is 0 Å². The summed E-state index contributed by atoms with van der Waals surface area (Å²) in [6.45, 7) is 4.62. The maximum Gasteiger partial charge on any atom is 0.161 e. The normalized spacial score (nSPS) is 13.1. The van der Waals surface area contributed by atoms with Crippen molar-refractivity contribution < 1.29 is 0 Å². The quantitative estimate of drug-likeness (QED) is 0.218. The van der Waals surface area contributed by atoms with Gasteiger partial charge in [-0.25, -0.2) is 15.0 Å². The molecule has 0 unspecified atom stereocenters. The molecule has 0 saturated carbocycles. The molecule has 0 amide bonds. The van der Waals surface area contributed by atoms with Crippen LogP contribution in [-0.4, -0.2) is 15.0 Å². The number of pyridine rings is 1. The van der Waals surface area contributed by atoms with Crippen molar-refractivity contribution in [3.63, 3.8) is 0 Å². The first-order chi connectivity index (χ1) is 21.1. The predicted octanol–water partition coefficient (Wildman–Crippen LogP) is 10.00. The molecule has 1 aliphatic carbocycles. The van der Waals surface area contributed by atoms with Crippen LogP contribution in [0, 0.1) is 0 Å². The van der Waals surface area contributed by atoms with Crippen LogP contribution in [0.5, 0.6) is 0 Å². The highest BCUT2D eigenvalue weighted by Gasteiger charge is 2.36. The summed E-state index contributed by atoms with van der Waals surface area (Å²) in [4.78, 5) is 15.7. The van der Waals surface area contributed by atoms with Gasteiger partial charge in [-0.05, 0) is 46.5 Å². The van der Waals surface area contributed by atoms with Gasteiger partial charge in [0.05, 0.1) is 22.6 Å². The van der Waals surface area contributed by atoms with Gasteiger partial charge in [-0.15, -0.1) is 0 Å². The molecular weight excluding hydrogens is 522 g/mol. The Bertz CT molecular complexity index is 2080. The lowest BCUT2D eigenvalue weighted by molar-refractivity contribution is 0.661. The second kappa shape index (κ2) is 9.85. The molecule has 5 aromatic carbocycles. The van der Waals surface area contributed by atoms with Crippen molar-refractivity contribution in [2.75, 3.05) is 0 Å². The highest BCUT2D eigenvalue weighted by molar-refractivity contribution is 6.00. The standard InChI is InChI=1S/C40H29N3/c1-40(2)33-21-13-12-20-29(33)30-22-31-32(23-35(26-14-6-3-7-15-26)41-38(31)24-34(30)40)39-42-36(27-16-8-4-9-17-27)25-37(43-39)28-18-10-5-11-19-28/h3-25H,1-2H3. The van der Waals surface area contributed by atoms with E-state index in [0.29, 0.717) is 5.82 Å². The third-order valence-corrected chi connectivity index (χ3v) is 8.69. The lowest BCUT2D eigenvalue weighted by Crippen LogP contribution is -2.14. The minimum Gasteiger partial charge on any atom is -0.248 e. The molecule has 0 fully saturated rings. The number of hydrogen-bond acceptors (Lipinski definition) is 3. The number of fused-ring (bicyclic) bond motifs is 4. The molecule has 0 saturated heterocycles. The van der Waals surface area contributed by atoms with Gasteiger partial charge >= 0.3 is 0 Å². The fraction of sp³-hybridized carbons (Fsp3) is 0.0750. The van der Waals surface area contributed by atoms with Gasteiger partial charge in [0.2, 0.25) is 0 Å². The van der Waals surface area contributed by atoms with E-state index >= 15 is 0 Å². The fourth-order valence-corrected chi connectivity index (χ4v) is 6.44. The van der Waals surface area contributed by atoms with Crippen LogP contribution < -0.4 is 0 Å². The van der Waals surface area contributed by atoms with E-state index in [0.717, 1.165) is 50.2 Å². The molecule has 0 radical (unpaired) electrons. The minimum atomic E-state index is -0.116. The summed E-state index contributed by atoms with van der Waals surface area (Å²) in [7, 11) is 0. The van der Waals surface area contributed by atoms with Crippen molar-refractivity contribution in [1.29, 1.82) is 0 Å². The second-order valence-corrected chi connectivity index (χ2v) is 11.7. The SMILES string of the molecule is CC1(C)c2ccccc2-c2cc3c(-c4nc(-c5ccccc5)cc(-c5ccccc5)n4)cc(-c4ccccc4)nc3cc21. The van der Waals surface area contributed by atoms with E-state index in [2.05, 4.69) is 135 Å². The number of benzene rings is 5. The second-order valence-electron chi connectivity index (χ2n) is 11.7. The number of hydrogen-bond donors (Lipinski definition) is 0. The van der Waals surface area contributed by atoms with Crippen molar-refractivity contribution in [1.82, 2.24) is 15.0 Å². The third kappa shape index (κ3) is 4.24. The lowest BCUT2D eigenvalue weighted by atomic mass is 9.82. The molecule has 0 aliphatic heterocycles. The molecule has 2 aromatic heterocycles. The molecule has 204 valence electrons. The van der Waals surface area contributed by atoms with E-state index in [9.17, 15) is 0 Å². The lowest BCUT2D eigenvalue weighted by Gasteiger charge is -2.22. The highest BCUT2D eigenvalue weighted by Crippen LogP contribution is 2.50. The summed E-state index contributed by atoms with van der Waals surface area (Å²) >= 11 is 0. The maximum absolute atomic E-state index is 5.24. The summed E-state index contributed by atoms with van der Waals surface area (Å²) in [5.74, 6) is 0.690. The number of nitrogens with zero attached hydrogens (tertiary/aromatic N) is 3. The number of rotatable bonds is 4. The zero-order chi connectivity index (χ0) is 29.0. The van der Waals surface area contributed by atoms with Crippen LogP contribution in [0.15, 0.2) is 140 Å². The van der Waals surface area contributed by atoms with Gasteiger partial charge in [0, 0.05) is 33.1 Å². The fourth-order valence-electron chi connectivity index (χ4n) is 6.44. The largest absolute Gasteiger partial charge is 0.248 e. The highest BCUT2D eigenvalue weighted by atomic mass is 14.9. The smallest absolute Gasteiger partial charge is 0.161 e. The Morgan fingerprint density at radius 1 is 0.419 bits per heavy atom. The monoisotopic (exact) mass is 551 g/mol.